The molecular weight excluding hydrogens is 312 g/mol. The number of carbonyl (C=O) groups is 1. The summed E-state index contributed by atoms with van der Waals surface area (Å²) in [5.41, 5.74) is 1.74. The van der Waals surface area contributed by atoms with Crippen LogP contribution in [0.25, 0.3) is 0 Å². The molecule has 0 spiro atoms. The van der Waals surface area contributed by atoms with Crippen LogP contribution in [0.15, 0.2) is 34.1 Å². The summed E-state index contributed by atoms with van der Waals surface area (Å²) in [7, 11) is 1.98. The molecule has 0 atom stereocenters. The molecule has 0 unspecified atom stereocenters. The number of hydrogen-bond acceptors (Lipinski definition) is 4. The van der Waals surface area contributed by atoms with Gasteiger partial charge in [-0.25, -0.2) is 4.98 Å². The van der Waals surface area contributed by atoms with Gasteiger partial charge in [0.1, 0.15) is 5.69 Å². The lowest BCUT2D eigenvalue weighted by Gasteiger charge is -2.15. The molecule has 94 valence electrons. The van der Waals surface area contributed by atoms with Gasteiger partial charge in [-0.2, -0.15) is 0 Å². The van der Waals surface area contributed by atoms with Crippen molar-refractivity contribution in [3.8, 4) is 0 Å². The van der Waals surface area contributed by atoms with Gasteiger partial charge in [0.05, 0.1) is 0 Å². The summed E-state index contributed by atoms with van der Waals surface area (Å²) in [6.45, 7) is 2.30. The van der Waals surface area contributed by atoms with Crippen LogP contribution in [0.3, 0.4) is 0 Å². The van der Waals surface area contributed by atoms with Gasteiger partial charge in [-0.05, 0) is 17.7 Å². The first-order valence-corrected chi connectivity index (χ1v) is 7.15. The van der Waals surface area contributed by atoms with Crippen molar-refractivity contribution in [2.45, 2.75) is 13.5 Å². The van der Waals surface area contributed by atoms with Crippen molar-refractivity contribution in [2.24, 2.45) is 0 Å². The van der Waals surface area contributed by atoms with E-state index in [1.54, 1.807) is 5.38 Å². The summed E-state index contributed by atoms with van der Waals surface area (Å²) in [6, 6.07) is 8.16. The molecule has 0 radical (unpaired) electrons. The molecule has 0 aliphatic carbocycles. The van der Waals surface area contributed by atoms with Gasteiger partial charge in [-0.1, -0.05) is 28.1 Å². The minimum Gasteiger partial charge on any atom is -0.347 e. The molecule has 3 nitrogen and oxygen atoms in total. The Labute approximate surface area is 119 Å². The maximum Gasteiger partial charge on any atom is 0.186 e. The molecule has 18 heavy (non-hydrogen) atoms. The van der Waals surface area contributed by atoms with Crippen LogP contribution in [-0.2, 0) is 6.54 Å². The molecule has 1 aromatic carbocycles. The lowest BCUT2D eigenvalue weighted by molar-refractivity contribution is 0.101. The molecule has 1 aromatic heterocycles. The Kier molecular flexibility index (Phi) is 4.14. The van der Waals surface area contributed by atoms with E-state index in [1.807, 2.05) is 24.1 Å². The molecule has 1 heterocycles. The first kappa shape index (κ1) is 13.2. The Bertz CT molecular complexity index is 568. The van der Waals surface area contributed by atoms with E-state index in [2.05, 4.69) is 33.0 Å². The van der Waals surface area contributed by atoms with Crippen LogP contribution in [0.5, 0.6) is 0 Å². The maximum atomic E-state index is 11.2. The van der Waals surface area contributed by atoms with E-state index in [0.29, 0.717) is 5.69 Å². The Morgan fingerprint density at radius 1 is 1.50 bits per heavy atom. The summed E-state index contributed by atoms with van der Waals surface area (Å²) in [5, 5.41) is 2.66. The third-order valence-corrected chi connectivity index (χ3v) is 3.94. The van der Waals surface area contributed by atoms with Crippen molar-refractivity contribution in [1.82, 2.24) is 4.98 Å². The van der Waals surface area contributed by atoms with Crippen molar-refractivity contribution in [1.29, 1.82) is 0 Å². The number of nitrogens with zero attached hydrogens (tertiary/aromatic N) is 2. The number of rotatable bonds is 4. The van der Waals surface area contributed by atoms with Crippen molar-refractivity contribution < 1.29 is 4.79 Å². The lowest BCUT2D eigenvalue weighted by atomic mass is 10.2. The standard InChI is InChI=1S/C13H13BrN2OS/c1-9(17)12-8-18-13(15-12)16(2)7-10-4-3-5-11(14)6-10/h3-6,8H,7H2,1-2H3. The average molecular weight is 325 g/mol. The fourth-order valence-corrected chi connectivity index (χ4v) is 2.86. The Hall–Kier alpha value is -1.20. The van der Waals surface area contributed by atoms with Crippen LogP contribution in [-0.4, -0.2) is 17.8 Å². The first-order chi connectivity index (χ1) is 8.56. The smallest absolute Gasteiger partial charge is 0.186 e. The Balaban J connectivity index is 2.11. The second kappa shape index (κ2) is 5.63. The summed E-state index contributed by atoms with van der Waals surface area (Å²) in [5.74, 6) is 0.00774. The molecule has 0 saturated carbocycles. The van der Waals surface area contributed by atoms with Crippen molar-refractivity contribution in [2.75, 3.05) is 11.9 Å². The number of aromatic nitrogens is 1. The molecule has 2 rings (SSSR count). The molecule has 0 saturated heterocycles. The summed E-state index contributed by atoms with van der Waals surface area (Å²) >= 11 is 4.95. The Morgan fingerprint density at radius 2 is 2.28 bits per heavy atom. The number of thiazole rings is 1. The molecular formula is C13H13BrN2OS. The minimum absolute atomic E-state index is 0.00774. The summed E-state index contributed by atoms with van der Waals surface area (Å²) in [4.78, 5) is 17.6. The number of anilines is 1. The normalized spacial score (nSPS) is 10.4. The number of halogens is 1. The number of benzene rings is 1. The highest BCUT2D eigenvalue weighted by Gasteiger charge is 2.10. The molecule has 2 aromatic rings. The maximum absolute atomic E-state index is 11.2. The summed E-state index contributed by atoms with van der Waals surface area (Å²) < 4.78 is 1.07. The fraction of sp³-hybridized carbons (Fsp3) is 0.231. The fourth-order valence-electron chi connectivity index (χ4n) is 1.58. The highest BCUT2D eigenvalue weighted by molar-refractivity contribution is 9.10. The van der Waals surface area contributed by atoms with Gasteiger partial charge in [-0.15, -0.1) is 11.3 Å². The Morgan fingerprint density at radius 3 is 2.89 bits per heavy atom. The van der Waals surface area contributed by atoms with Crippen LogP contribution in [0.2, 0.25) is 0 Å². The van der Waals surface area contributed by atoms with E-state index in [1.165, 1.54) is 23.8 Å². The van der Waals surface area contributed by atoms with Gasteiger partial charge in [0.15, 0.2) is 10.9 Å². The van der Waals surface area contributed by atoms with Crippen LogP contribution in [0, 0.1) is 0 Å². The van der Waals surface area contributed by atoms with E-state index in [4.69, 9.17) is 0 Å². The zero-order valence-corrected chi connectivity index (χ0v) is 12.6. The van der Waals surface area contributed by atoms with Crippen molar-refractivity contribution >= 4 is 38.2 Å². The first-order valence-electron chi connectivity index (χ1n) is 5.48. The molecule has 0 amide bonds. The van der Waals surface area contributed by atoms with E-state index in [9.17, 15) is 4.79 Å². The minimum atomic E-state index is 0.00774. The van der Waals surface area contributed by atoms with Crippen LogP contribution >= 0.6 is 27.3 Å². The lowest BCUT2D eigenvalue weighted by Crippen LogP contribution is -2.16. The predicted octanol–water partition coefficient (Wildman–Crippen LogP) is 3.74. The van der Waals surface area contributed by atoms with Crippen LogP contribution in [0.4, 0.5) is 5.13 Å². The average Bonchev–Trinajstić information content (AvgIpc) is 2.78. The van der Waals surface area contributed by atoms with E-state index >= 15 is 0 Å². The molecule has 0 aliphatic rings. The quantitative estimate of drug-likeness (QED) is 0.803. The molecule has 5 heteroatoms. The highest BCUT2D eigenvalue weighted by Crippen LogP contribution is 2.22. The monoisotopic (exact) mass is 324 g/mol. The SMILES string of the molecule is CC(=O)c1csc(N(C)Cc2cccc(Br)c2)n1. The number of carbonyl (C=O) groups excluding carboxylic acids is 1. The molecule has 0 N–H and O–H groups in total. The molecule has 0 bridgehead atoms. The van der Waals surface area contributed by atoms with Gasteiger partial charge in [0.2, 0.25) is 0 Å². The zero-order chi connectivity index (χ0) is 13.1. The third kappa shape index (κ3) is 3.17. The topological polar surface area (TPSA) is 33.2 Å². The van der Waals surface area contributed by atoms with Gasteiger partial charge in [-0.3, -0.25) is 4.79 Å². The number of Topliss-reactive ketones (excluding diaryl/α,β-unsaturated/α-hetero) is 1. The van der Waals surface area contributed by atoms with Gasteiger partial charge < -0.3 is 4.90 Å². The van der Waals surface area contributed by atoms with Crippen molar-refractivity contribution in [3.63, 3.8) is 0 Å². The van der Waals surface area contributed by atoms with Gasteiger partial charge in [0.25, 0.3) is 0 Å². The second-order valence-electron chi connectivity index (χ2n) is 4.06. The van der Waals surface area contributed by atoms with E-state index in [-0.39, 0.29) is 5.78 Å². The van der Waals surface area contributed by atoms with E-state index < -0.39 is 0 Å². The van der Waals surface area contributed by atoms with Gasteiger partial charge >= 0.3 is 0 Å². The molecule has 0 aliphatic heterocycles. The predicted molar refractivity (Wildman–Crippen MR) is 78.4 cm³/mol. The number of ketones is 1. The van der Waals surface area contributed by atoms with E-state index in [0.717, 1.165) is 16.1 Å². The van der Waals surface area contributed by atoms with Crippen LogP contribution < -0.4 is 4.90 Å². The highest BCUT2D eigenvalue weighted by atomic mass is 79.9. The largest absolute Gasteiger partial charge is 0.347 e. The second-order valence-corrected chi connectivity index (χ2v) is 5.81. The summed E-state index contributed by atoms with van der Waals surface area (Å²) in [6.07, 6.45) is 0. The molecule has 0 fully saturated rings. The zero-order valence-electron chi connectivity index (χ0n) is 10.2. The third-order valence-electron chi connectivity index (χ3n) is 2.49. The van der Waals surface area contributed by atoms with Crippen LogP contribution in [0.1, 0.15) is 23.0 Å². The van der Waals surface area contributed by atoms with Gasteiger partial charge in [0, 0.05) is 30.4 Å². The number of hydrogen-bond donors (Lipinski definition) is 0. The van der Waals surface area contributed by atoms with Crippen molar-refractivity contribution in [3.05, 3.63) is 45.4 Å².